The van der Waals surface area contributed by atoms with Crippen LogP contribution in [0.4, 0.5) is 0 Å². The van der Waals surface area contributed by atoms with Gasteiger partial charge in [-0.25, -0.2) is 9.36 Å². The average Bonchev–Trinajstić information content (AvgIpc) is 2.50. The van der Waals surface area contributed by atoms with E-state index in [1.807, 2.05) is 38.1 Å². The Kier molecular flexibility index (Phi) is 3.92. The molecule has 0 N–H and O–H groups in total. The molecule has 23 heavy (non-hydrogen) atoms. The molecule has 0 atom stereocenters. The highest BCUT2D eigenvalue weighted by atomic mass is 35.5. The standard InChI is InChI=1S/C18H15ClN2O2/c1-12-3-7-14(8-4-12)20-16(19)11-17(22)21(18(20)23)15-9-5-13(2)6-10-15/h3-11H,1-2H3. The molecule has 0 aliphatic carbocycles. The molecular formula is C18H15ClN2O2. The number of rotatable bonds is 2. The smallest absolute Gasteiger partial charge is 0.269 e. The maximum atomic E-state index is 12.8. The highest BCUT2D eigenvalue weighted by Crippen LogP contribution is 2.14. The van der Waals surface area contributed by atoms with Gasteiger partial charge in [-0.2, -0.15) is 0 Å². The minimum atomic E-state index is -0.491. The average molecular weight is 327 g/mol. The highest BCUT2D eigenvalue weighted by Gasteiger charge is 2.13. The monoisotopic (exact) mass is 326 g/mol. The van der Waals surface area contributed by atoms with Gasteiger partial charge in [-0.3, -0.25) is 9.36 Å². The molecule has 1 aromatic heterocycles. The van der Waals surface area contributed by atoms with Crippen molar-refractivity contribution < 1.29 is 0 Å². The summed E-state index contributed by atoms with van der Waals surface area (Å²) in [4.78, 5) is 25.1. The molecule has 4 nitrogen and oxygen atoms in total. The summed E-state index contributed by atoms with van der Waals surface area (Å²) in [6.07, 6.45) is 0. The van der Waals surface area contributed by atoms with Crippen LogP contribution in [0.1, 0.15) is 11.1 Å². The first-order valence-electron chi connectivity index (χ1n) is 7.16. The quantitative estimate of drug-likeness (QED) is 0.678. The van der Waals surface area contributed by atoms with E-state index in [4.69, 9.17) is 11.6 Å². The van der Waals surface area contributed by atoms with Crippen LogP contribution in [0.2, 0.25) is 5.15 Å². The third-order valence-electron chi connectivity index (χ3n) is 3.64. The zero-order valence-corrected chi connectivity index (χ0v) is 13.5. The Morgan fingerprint density at radius 1 is 0.739 bits per heavy atom. The molecule has 3 rings (SSSR count). The van der Waals surface area contributed by atoms with E-state index < -0.39 is 11.2 Å². The summed E-state index contributed by atoms with van der Waals surface area (Å²) in [5, 5.41) is 0.0900. The fraction of sp³-hybridized carbons (Fsp3) is 0.111. The molecule has 0 bridgehead atoms. The van der Waals surface area contributed by atoms with E-state index in [0.29, 0.717) is 11.4 Å². The third-order valence-corrected chi connectivity index (χ3v) is 3.92. The first-order valence-corrected chi connectivity index (χ1v) is 7.54. The molecular weight excluding hydrogens is 312 g/mol. The molecule has 0 unspecified atom stereocenters. The van der Waals surface area contributed by atoms with Crippen molar-refractivity contribution in [2.24, 2.45) is 0 Å². The number of halogens is 1. The summed E-state index contributed by atoms with van der Waals surface area (Å²) in [6.45, 7) is 3.90. The van der Waals surface area contributed by atoms with E-state index >= 15 is 0 Å². The Bertz CT molecular complexity index is 968. The zero-order valence-electron chi connectivity index (χ0n) is 12.8. The summed E-state index contributed by atoms with van der Waals surface area (Å²) in [6, 6.07) is 15.8. The number of aromatic nitrogens is 2. The molecule has 0 radical (unpaired) electrons. The molecule has 0 saturated carbocycles. The molecule has 0 aliphatic rings. The molecule has 0 aliphatic heterocycles. The van der Waals surface area contributed by atoms with Gasteiger partial charge < -0.3 is 0 Å². The van der Waals surface area contributed by atoms with Gasteiger partial charge in [0.1, 0.15) is 5.15 Å². The van der Waals surface area contributed by atoms with Crippen LogP contribution in [0.3, 0.4) is 0 Å². The van der Waals surface area contributed by atoms with Crippen molar-refractivity contribution >= 4 is 11.6 Å². The minimum absolute atomic E-state index is 0.0900. The fourth-order valence-electron chi connectivity index (χ4n) is 2.38. The van der Waals surface area contributed by atoms with Crippen LogP contribution in [0.15, 0.2) is 64.2 Å². The number of hydrogen-bond acceptors (Lipinski definition) is 2. The van der Waals surface area contributed by atoms with E-state index in [1.165, 1.54) is 10.6 Å². The van der Waals surface area contributed by atoms with Crippen LogP contribution in [0.25, 0.3) is 11.4 Å². The molecule has 116 valence electrons. The Morgan fingerprint density at radius 3 is 1.65 bits per heavy atom. The second kappa shape index (κ2) is 5.89. The number of nitrogens with zero attached hydrogens (tertiary/aromatic N) is 2. The van der Waals surface area contributed by atoms with Gasteiger partial charge in [0.25, 0.3) is 5.56 Å². The predicted molar refractivity (Wildman–Crippen MR) is 92.1 cm³/mol. The van der Waals surface area contributed by atoms with Gasteiger partial charge in [0, 0.05) is 6.07 Å². The normalized spacial score (nSPS) is 10.7. The van der Waals surface area contributed by atoms with Gasteiger partial charge in [-0.1, -0.05) is 47.0 Å². The predicted octanol–water partition coefficient (Wildman–Crippen LogP) is 3.26. The second-order valence-corrected chi connectivity index (χ2v) is 5.82. The highest BCUT2D eigenvalue weighted by molar-refractivity contribution is 6.29. The molecule has 1 heterocycles. The molecule has 3 aromatic rings. The van der Waals surface area contributed by atoms with Crippen LogP contribution in [-0.2, 0) is 0 Å². The fourth-order valence-corrected chi connectivity index (χ4v) is 2.64. The van der Waals surface area contributed by atoms with E-state index in [1.54, 1.807) is 24.3 Å². The van der Waals surface area contributed by atoms with Gasteiger partial charge in [0.05, 0.1) is 11.4 Å². The maximum Gasteiger partial charge on any atom is 0.341 e. The molecule has 0 saturated heterocycles. The topological polar surface area (TPSA) is 44.0 Å². The summed E-state index contributed by atoms with van der Waals surface area (Å²) in [7, 11) is 0. The van der Waals surface area contributed by atoms with Gasteiger partial charge in [0.15, 0.2) is 0 Å². The first kappa shape index (κ1) is 15.3. The SMILES string of the molecule is Cc1ccc(-n2c(Cl)cc(=O)n(-c3ccc(C)cc3)c2=O)cc1. The Hall–Kier alpha value is -2.59. The van der Waals surface area contributed by atoms with Crippen LogP contribution in [-0.4, -0.2) is 9.13 Å². The summed E-state index contributed by atoms with van der Waals surface area (Å²) < 4.78 is 2.44. The number of aryl methyl sites for hydroxylation is 2. The zero-order chi connectivity index (χ0) is 16.6. The van der Waals surface area contributed by atoms with E-state index in [9.17, 15) is 9.59 Å². The third kappa shape index (κ3) is 2.85. The van der Waals surface area contributed by atoms with Gasteiger partial charge >= 0.3 is 5.69 Å². The summed E-state index contributed by atoms with van der Waals surface area (Å²) in [5.74, 6) is 0. The van der Waals surface area contributed by atoms with Gasteiger partial charge in [-0.05, 0) is 38.1 Å². The van der Waals surface area contributed by atoms with Crippen LogP contribution < -0.4 is 11.2 Å². The van der Waals surface area contributed by atoms with E-state index in [2.05, 4.69) is 0 Å². The van der Waals surface area contributed by atoms with Crippen molar-refractivity contribution in [1.29, 1.82) is 0 Å². The van der Waals surface area contributed by atoms with E-state index in [0.717, 1.165) is 15.7 Å². The van der Waals surface area contributed by atoms with Crippen molar-refractivity contribution in [1.82, 2.24) is 9.13 Å². The van der Waals surface area contributed by atoms with Crippen molar-refractivity contribution in [2.45, 2.75) is 13.8 Å². The number of hydrogen-bond donors (Lipinski definition) is 0. The lowest BCUT2D eigenvalue weighted by molar-refractivity contribution is 0.802. The second-order valence-electron chi connectivity index (χ2n) is 5.43. The van der Waals surface area contributed by atoms with Crippen molar-refractivity contribution in [3.8, 4) is 11.4 Å². The molecule has 0 spiro atoms. The summed E-state index contributed by atoms with van der Waals surface area (Å²) >= 11 is 6.14. The van der Waals surface area contributed by atoms with Gasteiger partial charge in [-0.15, -0.1) is 0 Å². The molecule has 2 aromatic carbocycles. The van der Waals surface area contributed by atoms with E-state index in [-0.39, 0.29) is 5.15 Å². The van der Waals surface area contributed by atoms with Crippen LogP contribution >= 0.6 is 11.6 Å². The van der Waals surface area contributed by atoms with Crippen molar-refractivity contribution in [2.75, 3.05) is 0 Å². The minimum Gasteiger partial charge on any atom is -0.269 e. The Morgan fingerprint density at radius 2 is 1.17 bits per heavy atom. The van der Waals surface area contributed by atoms with Crippen molar-refractivity contribution in [3.63, 3.8) is 0 Å². The maximum absolute atomic E-state index is 12.8. The molecule has 0 fully saturated rings. The Balaban J connectivity index is 2.29. The lowest BCUT2D eigenvalue weighted by Gasteiger charge is -2.12. The molecule has 0 amide bonds. The van der Waals surface area contributed by atoms with Crippen molar-refractivity contribution in [3.05, 3.63) is 91.7 Å². The van der Waals surface area contributed by atoms with Gasteiger partial charge in [0.2, 0.25) is 0 Å². The Labute approximate surface area is 138 Å². The lowest BCUT2D eigenvalue weighted by atomic mass is 10.2. The molecule has 5 heteroatoms. The summed E-state index contributed by atoms with van der Waals surface area (Å²) in [5.41, 5.74) is 2.32. The van der Waals surface area contributed by atoms with Crippen LogP contribution in [0.5, 0.6) is 0 Å². The number of benzene rings is 2. The lowest BCUT2D eigenvalue weighted by Crippen LogP contribution is -2.37. The first-order chi connectivity index (χ1) is 11.0. The van der Waals surface area contributed by atoms with Crippen LogP contribution in [0, 0.1) is 13.8 Å². The largest absolute Gasteiger partial charge is 0.341 e.